The fourth-order valence-corrected chi connectivity index (χ4v) is 5.95. The maximum absolute atomic E-state index is 14.4. The Labute approximate surface area is 222 Å². The van der Waals surface area contributed by atoms with E-state index in [1.54, 1.807) is 4.90 Å². The fourth-order valence-electron chi connectivity index (χ4n) is 4.86. The highest BCUT2D eigenvalue weighted by Gasteiger charge is 2.33. The maximum Gasteiger partial charge on any atom is 0.316 e. The van der Waals surface area contributed by atoms with Gasteiger partial charge in [0.15, 0.2) is 0 Å². The van der Waals surface area contributed by atoms with Gasteiger partial charge in [0.2, 0.25) is 5.75 Å². The van der Waals surface area contributed by atoms with Gasteiger partial charge in [-0.25, -0.2) is 17.6 Å². The smallest absolute Gasteiger partial charge is 0.316 e. The molecule has 0 saturated carbocycles. The minimum atomic E-state index is -3.64. The lowest BCUT2D eigenvalue weighted by atomic mass is 10.1. The summed E-state index contributed by atoms with van der Waals surface area (Å²) in [5.74, 6) is -3.45. The molecule has 2 aliphatic rings. The van der Waals surface area contributed by atoms with Crippen LogP contribution >= 0.6 is 0 Å². The Bertz CT molecular complexity index is 1570. The Morgan fingerprint density at radius 2 is 1.56 bits per heavy atom. The van der Waals surface area contributed by atoms with Crippen molar-refractivity contribution in [2.45, 2.75) is 18.9 Å². The fraction of sp³-hybridized carbons (Fsp3) is 0.360. The predicted molar refractivity (Wildman–Crippen MR) is 134 cm³/mol. The second-order valence-electron chi connectivity index (χ2n) is 9.55. The molecular weight excluding hydrogens is 542 g/mol. The summed E-state index contributed by atoms with van der Waals surface area (Å²) in [6.45, 7) is 0.650. The number of piperazine rings is 1. The highest BCUT2D eigenvalue weighted by molar-refractivity contribution is 7.86. The zero-order valence-corrected chi connectivity index (χ0v) is 21.9. The van der Waals surface area contributed by atoms with Gasteiger partial charge in [-0.05, 0) is 29.3 Å². The number of halogens is 4. The highest BCUT2D eigenvalue weighted by Crippen LogP contribution is 2.32. The van der Waals surface area contributed by atoms with Crippen LogP contribution in [-0.2, 0) is 23.1 Å². The van der Waals surface area contributed by atoms with Gasteiger partial charge in [0.05, 0.1) is 11.9 Å². The van der Waals surface area contributed by atoms with E-state index in [9.17, 15) is 30.8 Å². The normalized spacial score (nSPS) is 18.0. The van der Waals surface area contributed by atoms with Crippen LogP contribution in [0.1, 0.15) is 11.1 Å². The molecule has 14 heteroatoms. The molecular formula is C25H25F4N5O4S. The Morgan fingerprint density at radius 3 is 2.21 bits per heavy atom. The van der Waals surface area contributed by atoms with Gasteiger partial charge < -0.3 is 9.64 Å². The molecule has 3 aromatic rings. The molecule has 39 heavy (non-hydrogen) atoms. The third-order valence-electron chi connectivity index (χ3n) is 6.79. The highest BCUT2D eigenvalue weighted by atomic mass is 32.2. The van der Waals surface area contributed by atoms with E-state index in [1.807, 2.05) is 0 Å². The summed E-state index contributed by atoms with van der Waals surface area (Å²) in [4.78, 5) is 15.3. The van der Waals surface area contributed by atoms with Gasteiger partial charge in [0.1, 0.15) is 35.1 Å². The van der Waals surface area contributed by atoms with E-state index in [0.717, 1.165) is 27.2 Å². The monoisotopic (exact) mass is 567 g/mol. The molecule has 1 aliphatic carbocycles. The Morgan fingerprint density at radius 1 is 0.923 bits per heavy atom. The number of hydrogen-bond donors (Lipinski definition) is 0. The van der Waals surface area contributed by atoms with Gasteiger partial charge in [0.25, 0.3) is 10.2 Å². The molecule has 1 atom stereocenters. The largest absolute Gasteiger partial charge is 0.482 e. The molecule has 0 amide bonds. The van der Waals surface area contributed by atoms with Crippen molar-refractivity contribution in [1.82, 2.24) is 18.4 Å². The molecule has 0 N–H and O–H groups in total. The van der Waals surface area contributed by atoms with Crippen molar-refractivity contribution < 1.29 is 30.7 Å². The van der Waals surface area contributed by atoms with Crippen LogP contribution in [-0.4, -0.2) is 73.2 Å². The van der Waals surface area contributed by atoms with Crippen LogP contribution in [0, 0.1) is 23.3 Å². The van der Waals surface area contributed by atoms with Crippen LogP contribution in [0.3, 0.4) is 0 Å². The number of ether oxygens (including phenoxy) is 1. The molecule has 208 valence electrons. The molecule has 1 saturated heterocycles. The summed E-state index contributed by atoms with van der Waals surface area (Å²) in [6, 6.07) is 4.54. The van der Waals surface area contributed by atoms with Crippen LogP contribution in [0.4, 0.5) is 23.2 Å². The van der Waals surface area contributed by atoms with Gasteiger partial charge in [-0.3, -0.25) is 4.79 Å². The molecule has 1 fully saturated rings. The van der Waals surface area contributed by atoms with Crippen LogP contribution in [0.5, 0.6) is 5.75 Å². The number of hydrogen-bond acceptors (Lipinski definition) is 6. The van der Waals surface area contributed by atoms with Gasteiger partial charge in [-0.2, -0.15) is 26.8 Å². The van der Waals surface area contributed by atoms with Crippen molar-refractivity contribution in [2.75, 3.05) is 45.2 Å². The molecule has 1 aliphatic heterocycles. The number of fused-ring (bicyclic) bond motifs is 1. The first kappa shape index (κ1) is 27.1. The number of anilines is 1. The van der Waals surface area contributed by atoms with Crippen LogP contribution < -0.4 is 15.2 Å². The minimum Gasteiger partial charge on any atom is -0.482 e. The number of rotatable bonds is 6. The Hall–Kier alpha value is -3.49. The van der Waals surface area contributed by atoms with Crippen molar-refractivity contribution in [3.63, 3.8) is 0 Å². The summed E-state index contributed by atoms with van der Waals surface area (Å²) in [5, 5.41) is 4.10. The summed E-state index contributed by atoms with van der Waals surface area (Å²) >= 11 is 0. The lowest BCUT2D eigenvalue weighted by molar-refractivity contribution is 0.208. The summed E-state index contributed by atoms with van der Waals surface area (Å²) in [5.41, 5.74) is -0.0325. The number of aromatic nitrogens is 2. The van der Waals surface area contributed by atoms with Gasteiger partial charge in [0, 0.05) is 65.2 Å². The van der Waals surface area contributed by atoms with Crippen LogP contribution in [0.2, 0.25) is 0 Å². The van der Waals surface area contributed by atoms with Crippen molar-refractivity contribution >= 4 is 15.9 Å². The minimum absolute atomic E-state index is 0.0755. The molecule has 9 nitrogen and oxygen atoms in total. The molecule has 0 bridgehead atoms. The van der Waals surface area contributed by atoms with E-state index in [-0.39, 0.29) is 61.7 Å². The third-order valence-corrected chi connectivity index (χ3v) is 8.73. The maximum atomic E-state index is 14.4. The lowest BCUT2D eigenvalue weighted by Gasteiger charge is -2.36. The summed E-state index contributed by atoms with van der Waals surface area (Å²) in [6.07, 6.45) is 0.789. The average molecular weight is 568 g/mol. The third kappa shape index (κ3) is 5.23. The first-order valence-corrected chi connectivity index (χ1v) is 13.5. The first-order valence-electron chi connectivity index (χ1n) is 12.1. The van der Waals surface area contributed by atoms with E-state index in [0.29, 0.717) is 11.6 Å². The molecule has 5 rings (SSSR count). The zero-order chi connectivity index (χ0) is 28.1. The Kier molecular flexibility index (Phi) is 7.11. The topological polar surface area (TPSA) is 88.0 Å². The standard InChI is InChI=1S/C25H25F4N5O4S/c1-31(2)39(36,37)33-5-3-32(4-6-33)23-14-30-34(19-10-17(27)9-18(28)11-19)25(35)24(23)38-20-8-15-7-16(26)12-22(29)21(15)13-20/h7,9-12,14,20H,3-6,8,13H2,1-2H3. The summed E-state index contributed by atoms with van der Waals surface area (Å²) in [7, 11) is -0.779. The van der Waals surface area contributed by atoms with Gasteiger partial charge in [-0.1, -0.05) is 0 Å². The molecule has 0 radical (unpaired) electrons. The quantitative estimate of drug-likeness (QED) is 0.425. The molecule has 2 aromatic carbocycles. The van der Waals surface area contributed by atoms with E-state index < -0.39 is 45.1 Å². The lowest BCUT2D eigenvalue weighted by Crippen LogP contribution is -2.52. The SMILES string of the molecule is CN(C)S(=O)(=O)N1CCN(c2cnn(-c3cc(F)cc(F)c3)c(=O)c2OC2Cc3cc(F)cc(F)c3C2)CC1. The van der Waals surface area contributed by atoms with E-state index >= 15 is 0 Å². The van der Waals surface area contributed by atoms with Crippen molar-refractivity contribution in [1.29, 1.82) is 0 Å². The second-order valence-corrected chi connectivity index (χ2v) is 11.7. The van der Waals surface area contributed by atoms with Gasteiger partial charge >= 0.3 is 5.56 Å². The zero-order valence-electron chi connectivity index (χ0n) is 21.1. The Balaban J connectivity index is 1.50. The summed E-state index contributed by atoms with van der Waals surface area (Å²) < 4.78 is 90.3. The molecule has 1 unspecified atom stereocenters. The van der Waals surface area contributed by atoms with E-state index in [4.69, 9.17) is 4.74 Å². The van der Waals surface area contributed by atoms with E-state index in [2.05, 4.69) is 5.10 Å². The van der Waals surface area contributed by atoms with Crippen molar-refractivity contribution in [3.8, 4) is 11.4 Å². The predicted octanol–water partition coefficient (Wildman–Crippen LogP) is 2.26. The van der Waals surface area contributed by atoms with Crippen LogP contribution in [0.15, 0.2) is 41.3 Å². The number of benzene rings is 2. The van der Waals surface area contributed by atoms with Crippen molar-refractivity contribution in [3.05, 3.63) is 81.3 Å². The van der Waals surface area contributed by atoms with Crippen molar-refractivity contribution in [2.24, 2.45) is 0 Å². The van der Waals surface area contributed by atoms with Crippen LogP contribution in [0.25, 0.3) is 5.69 Å². The average Bonchev–Trinajstić information content (AvgIpc) is 3.27. The number of nitrogens with zero attached hydrogens (tertiary/aromatic N) is 5. The molecule has 0 spiro atoms. The first-order chi connectivity index (χ1) is 18.4. The van der Waals surface area contributed by atoms with Gasteiger partial charge in [-0.15, -0.1) is 0 Å². The second kappa shape index (κ2) is 10.2. The van der Waals surface area contributed by atoms with E-state index in [1.165, 1.54) is 30.7 Å². The molecule has 1 aromatic heterocycles. The molecule has 2 heterocycles.